The topological polar surface area (TPSA) is 46.6 Å². The molecule has 0 bridgehead atoms. The minimum absolute atomic E-state index is 0.0912. The molecular formula is C14H17NO3. The lowest BCUT2D eigenvalue weighted by Crippen LogP contribution is -2.23. The highest BCUT2D eigenvalue weighted by atomic mass is 16.5. The molecule has 1 aliphatic heterocycles. The summed E-state index contributed by atoms with van der Waals surface area (Å²) in [7, 11) is 1.76. The molecular weight excluding hydrogens is 230 g/mol. The molecule has 96 valence electrons. The second kappa shape index (κ2) is 4.80. The van der Waals surface area contributed by atoms with E-state index in [1.54, 1.807) is 31.0 Å². The molecule has 0 N–H and O–H groups in total. The third-order valence-electron chi connectivity index (χ3n) is 3.31. The van der Waals surface area contributed by atoms with Crippen LogP contribution in [0.15, 0.2) is 18.2 Å². The lowest BCUT2D eigenvalue weighted by Gasteiger charge is -2.10. The van der Waals surface area contributed by atoms with Crippen molar-refractivity contribution in [3.8, 4) is 0 Å². The highest BCUT2D eigenvalue weighted by molar-refractivity contribution is 6.05. The molecule has 0 aliphatic carbocycles. The van der Waals surface area contributed by atoms with E-state index in [-0.39, 0.29) is 17.8 Å². The van der Waals surface area contributed by atoms with E-state index < -0.39 is 0 Å². The molecule has 1 heterocycles. The Kier molecular flexibility index (Phi) is 3.36. The van der Waals surface area contributed by atoms with Gasteiger partial charge < -0.3 is 9.64 Å². The van der Waals surface area contributed by atoms with Gasteiger partial charge in [0.2, 0.25) is 5.91 Å². The number of hydrogen-bond donors (Lipinski definition) is 0. The van der Waals surface area contributed by atoms with E-state index in [2.05, 4.69) is 0 Å². The Balaban J connectivity index is 2.41. The summed E-state index contributed by atoms with van der Waals surface area (Å²) >= 11 is 0. The van der Waals surface area contributed by atoms with E-state index in [9.17, 15) is 9.59 Å². The van der Waals surface area contributed by atoms with Crippen molar-refractivity contribution in [3.63, 3.8) is 0 Å². The molecule has 1 atom stereocenters. The van der Waals surface area contributed by atoms with Crippen molar-refractivity contribution in [3.05, 3.63) is 29.3 Å². The van der Waals surface area contributed by atoms with Gasteiger partial charge in [-0.3, -0.25) is 4.79 Å². The van der Waals surface area contributed by atoms with E-state index in [4.69, 9.17) is 4.74 Å². The summed E-state index contributed by atoms with van der Waals surface area (Å²) in [5.74, 6) is -0.384. The number of ether oxygens (including phenoxy) is 1. The maximum absolute atomic E-state index is 12.0. The van der Waals surface area contributed by atoms with Gasteiger partial charge in [-0.05, 0) is 37.1 Å². The summed E-state index contributed by atoms with van der Waals surface area (Å²) in [6.45, 7) is 4.10. The van der Waals surface area contributed by atoms with Crippen LogP contribution in [0.3, 0.4) is 0 Å². The molecule has 0 radical (unpaired) electrons. The van der Waals surface area contributed by atoms with Crippen LogP contribution in [0.5, 0.6) is 0 Å². The lowest BCUT2D eigenvalue weighted by atomic mass is 9.96. The Morgan fingerprint density at radius 1 is 1.39 bits per heavy atom. The van der Waals surface area contributed by atoms with Crippen LogP contribution in [0.1, 0.15) is 42.1 Å². The van der Waals surface area contributed by atoms with Gasteiger partial charge in [0.1, 0.15) is 0 Å². The number of anilines is 1. The second-order valence-corrected chi connectivity index (χ2v) is 4.35. The fraction of sp³-hybridized carbons (Fsp3) is 0.429. The van der Waals surface area contributed by atoms with Crippen molar-refractivity contribution in [2.45, 2.75) is 26.2 Å². The summed E-state index contributed by atoms with van der Waals surface area (Å²) in [6, 6.07) is 5.30. The molecule has 18 heavy (non-hydrogen) atoms. The van der Waals surface area contributed by atoms with Gasteiger partial charge in [0.05, 0.1) is 18.1 Å². The molecule has 1 aliphatic rings. The van der Waals surface area contributed by atoms with Gasteiger partial charge in [-0.2, -0.15) is 0 Å². The first-order valence-corrected chi connectivity index (χ1v) is 6.18. The highest BCUT2D eigenvalue weighted by Gasteiger charge is 2.34. The molecule has 4 nitrogen and oxygen atoms in total. The van der Waals surface area contributed by atoms with Crippen LogP contribution < -0.4 is 4.90 Å². The Bertz CT molecular complexity index is 496. The quantitative estimate of drug-likeness (QED) is 0.770. The normalized spacial score (nSPS) is 17.8. The number of carbonyl (C=O) groups excluding carboxylic acids is 2. The summed E-state index contributed by atoms with van der Waals surface area (Å²) in [6.07, 6.45) is 0.739. The number of nitrogens with zero attached hydrogens (tertiary/aromatic N) is 1. The summed E-state index contributed by atoms with van der Waals surface area (Å²) in [5.41, 5.74) is 2.33. The molecule has 0 aromatic heterocycles. The summed E-state index contributed by atoms with van der Waals surface area (Å²) in [5, 5.41) is 0. The van der Waals surface area contributed by atoms with Crippen LogP contribution >= 0.6 is 0 Å². The Hall–Kier alpha value is -1.84. The van der Waals surface area contributed by atoms with Gasteiger partial charge in [-0.1, -0.05) is 6.92 Å². The number of amides is 1. The van der Waals surface area contributed by atoms with Crippen LogP contribution in [-0.4, -0.2) is 25.5 Å². The number of carbonyl (C=O) groups is 2. The molecule has 0 spiro atoms. The van der Waals surface area contributed by atoms with Crippen molar-refractivity contribution in [1.82, 2.24) is 0 Å². The van der Waals surface area contributed by atoms with Crippen molar-refractivity contribution in [1.29, 1.82) is 0 Å². The fourth-order valence-electron chi connectivity index (χ4n) is 2.36. The Labute approximate surface area is 107 Å². The van der Waals surface area contributed by atoms with Crippen LogP contribution in [0.4, 0.5) is 5.69 Å². The van der Waals surface area contributed by atoms with Gasteiger partial charge in [-0.25, -0.2) is 4.79 Å². The molecule has 2 rings (SSSR count). The first kappa shape index (κ1) is 12.6. The minimum atomic E-state index is -0.336. The van der Waals surface area contributed by atoms with Gasteiger partial charge in [0, 0.05) is 12.7 Å². The molecule has 1 unspecified atom stereocenters. The third kappa shape index (κ3) is 1.88. The van der Waals surface area contributed by atoms with Crippen LogP contribution in [0.25, 0.3) is 0 Å². The van der Waals surface area contributed by atoms with Crippen molar-refractivity contribution in [2.24, 2.45) is 0 Å². The number of fused-ring (bicyclic) bond motifs is 1. The van der Waals surface area contributed by atoms with Gasteiger partial charge in [0.15, 0.2) is 0 Å². The van der Waals surface area contributed by atoms with Gasteiger partial charge in [-0.15, -0.1) is 0 Å². The van der Waals surface area contributed by atoms with Gasteiger partial charge in [0.25, 0.3) is 0 Å². The van der Waals surface area contributed by atoms with Gasteiger partial charge >= 0.3 is 5.97 Å². The van der Waals surface area contributed by atoms with Crippen molar-refractivity contribution < 1.29 is 14.3 Å². The largest absolute Gasteiger partial charge is 0.462 e. The van der Waals surface area contributed by atoms with Crippen LogP contribution in [-0.2, 0) is 9.53 Å². The Morgan fingerprint density at radius 2 is 2.11 bits per heavy atom. The first-order valence-electron chi connectivity index (χ1n) is 6.18. The standard InChI is InChI=1S/C14H17NO3/c1-4-10-11-8-9(14(17)18-5-2)6-7-12(11)15(3)13(10)16/h6-8,10H,4-5H2,1-3H3. The van der Waals surface area contributed by atoms with E-state index >= 15 is 0 Å². The zero-order valence-electron chi connectivity index (χ0n) is 10.9. The summed E-state index contributed by atoms with van der Waals surface area (Å²) < 4.78 is 4.97. The van der Waals surface area contributed by atoms with Crippen LogP contribution in [0, 0.1) is 0 Å². The predicted octanol–water partition coefficient (Wildman–Crippen LogP) is 2.33. The van der Waals surface area contributed by atoms with E-state index in [1.165, 1.54) is 0 Å². The maximum Gasteiger partial charge on any atom is 0.338 e. The molecule has 0 saturated carbocycles. The molecule has 1 aromatic carbocycles. The number of esters is 1. The van der Waals surface area contributed by atoms with Crippen molar-refractivity contribution in [2.75, 3.05) is 18.6 Å². The van der Waals surface area contributed by atoms with Crippen LogP contribution in [0.2, 0.25) is 0 Å². The van der Waals surface area contributed by atoms with E-state index in [1.807, 2.05) is 13.0 Å². The fourth-order valence-corrected chi connectivity index (χ4v) is 2.36. The second-order valence-electron chi connectivity index (χ2n) is 4.35. The number of likely N-dealkylation sites (N-methyl/N-ethyl adjacent to an activating group) is 1. The zero-order chi connectivity index (χ0) is 13.3. The SMILES string of the molecule is CCOC(=O)c1ccc2c(c1)C(CC)C(=O)N2C. The number of benzene rings is 1. The van der Waals surface area contributed by atoms with Crippen molar-refractivity contribution >= 4 is 17.6 Å². The average molecular weight is 247 g/mol. The predicted molar refractivity (Wildman–Crippen MR) is 68.8 cm³/mol. The first-order chi connectivity index (χ1) is 8.60. The molecule has 4 heteroatoms. The molecule has 1 amide bonds. The van der Waals surface area contributed by atoms with E-state index in [0.29, 0.717) is 12.2 Å². The monoisotopic (exact) mass is 247 g/mol. The number of rotatable bonds is 3. The molecule has 0 saturated heterocycles. The lowest BCUT2D eigenvalue weighted by molar-refractivity contribution is -0.119. The third-order valence-corrected chi connectivity index (χ3v) is 3.31. The minimum Gasteiger partial charge on any atom is -0.462 e. The number of hydrogen-bond acceptors (Lipinski definition) is 3. The molecule has 0 fully saturated rings. The maximum atomic E-state index is 12.0. The smallest absolute Gasteiger partial charge is 0.338 e. The van der Waals surface area contributed by atoms with E-state index in [0.717, 1.165) is 17.7 Å². The Morgan fingerprint density at radius 3 is 2.72 bits per heavy atom. The highest BCUT2D eigenvalue weighted by Crippen LogP contribution is 2.38. The summed E-state index contributed by atoms with van der Waals surface area (Å²) in [4.78, 5) is 25.3. The average Bonchev–Trinajstić information content (AvgIpc) is 2.61. The zero-order valence-corrected chi connectivity index (χ0v) is 10.9. The molecule has 1 aromatic rings.